The predicted octanol–water partition coefficient (Wildman–Crippen LogP) is 4.08. The van der Waals surface area contributed by atoms with Gasteiger partial charge in [-0.25, -0.2) is 0 Å². The van der Waals surface area contributed by atoms with Crippen molar-refractivity contribution >= 4 is 34.8 Å². The first-order valence-corrected chi connectivity index (χ1v) is 10.6. The second-order valence-electron chi connectivity index (χ2n) is 7.36. The molecular formula is C23H27N3O3S. The number of likely N-dealkylation sites (tertiary alicyclic amines) is 1. The molecule has 158 valence electrons. The molecule has 0 saturated carbocycles. The number of anilines is 1. The van der Waals surface area contributed by atoms with Crippen molar-refractivity contribution in [1.29, 1.82) is 0 Å². The third-order valence-electron chi connectivity index (χ3n) is 5.14. The number of amides is 2. The molecule has 0 unspecified atom stereocenters. The Morgan fingerprint density at radius 2 is 1.70 bits per heavy atom. The van der Waals surface area contributed by atoms with Crippen molar-refractivity contribution in [3.8, 4) is 5.75 Å². The molecule has 3 rings (SSSR count). The zero-order chi connectivity index (χ0) is 21.5. The Kier molecular flexibility index (Phi) is 7.41. The number of para-hydroxylation sites is 2. The average molecular weight is 426 g/mol. The molecular weight excluding hydrogens is 398 g/mol. The normalized spacial score (nSPS) is 14.1. The number of piperidine rings is 1. The quantitative estimate of drug-likeness (QED) is 0.707. The minimum absolute atomic E-state index is 0.0270. The van der Waals surface area contributed by atoms with Crippen LogP contribution in [-0.2, 0) is 0 Å². The first-order valence-electron chi connectivity index (χ1n) is 10.2. The standard InChI is InChI=1S/C23H27N3O3S/c1-3-29-20-11-7-5-9-18(20)21(27)25-23(30)24-19-10-6-4-8-17(19)22(28)26-14-12-16(2)13-15-26/h4-11,16H,3,12-15H2,1-2H3,(H2,24,25,27,30). The lowest BCUT2D eigenvalue weighted by Gasteiger charge is -2.31. The Morgan fingerprint density at radius 1 is 1.07 bits per heavy atom. The van der Waals surface area contributed by atoms with Crippen LogP contribution in [0.25, 0.3) is 0 Å². The van der Waals surface area contributed by atoms with Gasteiger partial charge in [0.25, 0.3) is 11.8 Å². The molecule has 0 aliphatic carbocycles. The highest BCUT2D eigenvalue weighted by Gasteiger charge is 2.23. The van der Waals surface area contributed by atoms with Crippen LogP contribution >= 0.6 is 12.2 Å². The van der Waals surface area contributed by atoms with Gasteiger partial charge >= 0.3 is 0 Å². The van der Waals surface area contributed by atoms with Crippen LogP contribution in [0.5, 0.6) is 5.75 Å². The van der Waals surface area contributed by atoms with E-state index in [1.165, 1.54) is 0 Å². The summed E-state index contributed by atoms with van der Waals surface area (Å²) in [6.45, 7) is 6.03. The van der Waals surface area contributed by atoms with E-state index in [1.54, 1.807) is 30.3 Å². The van der Waals surface area contributed by atoms with Gasteiger partial charge in [0.1, 0.15) is 5.75 Å². The van der Waals surface area contributed by atoms with Gasteiger partial charge in [-0.3, -0.25) is 14.9 Å². The van der Waals surface area contributed by atoms with Crippen molar-refractivity contribution in [2.24, 2.45) is 5.92 Å². The minimum atomic E-state index is -0.370. The molecule has 2 aromatic carbocycles. The van der Waals surface area contributed by atoms with Crippen LogP contribution in [0.15, 0.2) is 48.5 Å². The van der Waals surface area contributed by atoms with Crippen molar-refractivity contribution in [2.75, 3.05) is 25.0 Å². The summed E-state index contributed by atoms with van der Waals surface area (Å²) in [5.74, 6) is 0.742. The van der Waals surface area contributed by atoms with E-state index >= 15 is 0 Å². The molecule has 1 fully saturated rings. The van der Waals surface area contributed by atoms with Gasteiger partial charge in [0, 0.05) is 13.1 Å². The first-order chi connectivity index (χ1) is 14.5. The van der Waals surface area contributed by atoms with Crippen LogP contribution in [0.3, 0.4) is 0 Å². The molecule has 1 aliphatic heterocycles. The van der Waals surface area contributed by atoms with Gasteiger partial charge in [-0.15, -0.1) is 0 Å². The Bertz CT molecular complexity index is 923. The lowest BCUT2D eigenvalue weighted by atomic mass is 9.98. The number of rotatable bonds is 5. The van der Waals surface area contributed by atoms with E-state index in [2.05, 4.69) is 17.6 Å². The second-order valence-corrected chi connectivity index (χ2v) is 7.77. The largest absolute Gasteiger partial charge is 0.493 e. The zero-order valence-corrected chi connectivity index (χ0v) is 18.1. The van der Waals surface area contributed by atoms with E-state index in [1.807, 2.05) is 30.0 Å². The van der Waals surface area contributed by atoms with E-state index in [9.17, 15) is 9.59 Å². The van der Waals surface area contributed by atoms with E-state index in [-0.39, 0.29) is 16.9 Å². The maximum Gasteiger partial charge on any atom is 0.261 e. The number of nitrogens with one attached hydrogen (secondary N) is 2. The van der Waals surface area contributed by atoms with E-state index < -0.39 is 0 Å². The van der Waals surface area contributed by atoms with Crippen LogP contribution in [0, 0.1) is 5.92 Å². The molecule has 2 amide bonds. The lowest BCUT2D eigenvalue weighted by molar-refractivity contribution is 0.0698. The second kappa shape index (κ2) is 10.2. The summed E-state index contributed by atoms with van der Waals surface area (Å²) in [6.07, 6.45) is 2.02. The Labute approximate surface area is 182 Å². The SMILES string of the molecule is CCOc1ccccc1C(=O)NC(=S)Nc1ccccc1C(=O)N1CCC(C)CC1. The number of thiocarbonyl (C=S) groups is 1. The highest BCUT2D eigenvalue weighted by Crippen LogP contribution is 2.22. The highest BCUT2D eigenvalue weighted by atomic mass is 32.1. The van der Waals surface area contributed by atoms with Gasteiger partial charge in [-0.05, 0) is 62.2 Å². The van der Waals surface area contributed by atoms with Crippen LogP contribution in [0.1, 0.15) is 47.4 Å². The molecule has 0 aromatic heterocycles. The number of nitrogens with zero attached hydrogens (tertiary/aromatic N) is 1. The van der Waals surface area contributed by atoms with Crippen molar-refractivity contribution in [3.63, 3.8) is 0 Å². The van der Waals surface area contributed by atoms with Crippen molar-refractivity contribution < 1.29 is 14.3 Å². The lowest BCUT2D eigenvalue weighted by Crippen LogP contribution is -2.39. The molecule has 2 N–H and O–H groups in total. The molecule has 30 heavy (non-hydrogen) atoms. The predicted molar refractivity (Wildman–Crippen MR) is 122 cm³/mol. The van der Waals surface area contributed by atoms with Crippen molar-refractivity contribution in [3.05, 3.63) is 59.7 Å². The first kappa shape index (κ1) is 21.8. The molecule has 1 heterocycles. The molecule has 6 nitrogen and oxygen atoms in total. The minimum Gasteiger partial charge on any atom is -0.493 e. The number of carbonyl (C=O) groups excluding carboxylic acids is 2. The van der Waals surface area contributed by atoms with E-state index in [0.29, 0.717) is 35.1 Å². The fourth-order valence-electron chi connectivity index (χ4n) is 3.42. The third kappa shape index (κ3) is 5.36. The molecule has 7 heteroatoms. The smallest absolute Gasteiger partial charge is 0.261 e. The Balaban J connectivity index is 1.69. The topological polar surface area (TPSA) is 70.7 Å². The Morgan fingerprint density at radius 3 is 2.40 bits per heavy atom. The molecule has 0 spiro atoms. The molecule has 0 radical (unpaired) electrons. The molecule has 2 aromatic rings. The number of ether oxygens (including phenoxy) is 1. The van der Waals surface area contributed by atoms with Crippen LogP contribution in [0.4, 0.5) is 5.69 Å². The average Bonchev–Trinajstić information content (AvgIpc) is 2.74. The summed E-state index contributed by atoms with van der Waals surface area (Å²) in [6, 6.07) is 14.2. The van der Waals surface area contributed by atoms with Gasteiger partial charge in [0.2, 0.25) is 0 Å². The van der Waals surface area contributed by atoms with E-state index in [0.717, 1.165) is 25.9 Å². The fraction of sp³-hybridized carbons (Fsp3) is 0.348. The number of hydrogen-bond acceptors (Lipinski definition) is 4. The van der Waals surface area contributed by atoms with Gasteiger partial charge < -0.3 is 15.0 Å². The van der Waals surface area contributed by atoms with Gasteiger partial charge in [0.05, 0.1) is 23.4 Å². The fourth-order valence-corrected chi connectivity index (χ4v) is 3.62. The van der Waals surface area contributed by atoms with Gasteiger partial charge in [-0.2, -0.15) is 0 Å². The summed E-state index contributed by atoms with van der Waals surface area (Å²) in [5, 5.41) is 5.80. The summed E-state index contributed by atoms with van der Waals surface area (Å²) in [5.41, 5.74) is 1.51. The zero-order valence-electron chi connectivity index (χ0n) is 17.3. The number of hydrogen-bond donors (Lipinski definition) is 2. The van der Waals surface area contributed by atoms with Crippen molar-refractivity contribution in [1.82, 2.24) is 10.2 Å². The van der Waals surface area contributed by atoms with Crippen LogP contribution < -0.4 is 15.4 Å². The highest BCUT2D eigenvalue weighted by molar-refractivity contribution is 7.80. The van der Waals surface area contributed by atoms with E-state index in [4.69, 9.17) is 17.0 Å². The monoisotopic (exact) mass is 425 g/mol. The maximum absolute atomic E-state index is 13.0. The molecule has 1 saturated heterocycles. The van der Waals surface area contributed by atoms with Crippen LogP contribution in [-0.4, -0.2) is 41.5 Å². The van der Waals surface area contributed by atoms with Gasteiger partial charge in [0.15, 0.2) is 5.11 Å². The molecule has 0 atom stereocenters. The van der Waals surface area contributed by atoms with Crippen molar-refractivity contribution in [2.45, 2.75) is 26.7 Å². The number of benzene rings is 2. The third-order valence-corrected chi connectivity index (χ3v) is 5.34. The van der Waals surface area contributed by atoms with Gasteiger partial charge in [-0.1, -0.05) is 31.2 Å². The molecule has 0 bridgehead atoms. The number of carbonyl (C=O) groups is 2. The van der Waals surface area contributed by atoms with Crippen LogP contribution in [0.2, 0.25) is 0 Å². The summed E-state index contributed by atoms with van der Waals surface area (Å²) in [4.78, 5) is 27.5. The Hall–Kier alpha value is -2.93. The molecule has 1 aliphatic rings. The maximum atomic E-state index is 13.0. The summed E-state index contributed by atoms with van der Waals surface area (Å²) >= 11 is 5.33. The summed E-state index contributed by atoms with van der Waals surface area (Å²) in [7, 11) is 0. The summed E-state index contributed by atoms with van der Waals surface area (Å²) < 4.78 is 5.51.